The minimum absolute atomic E-state index is 0. The van der Waals surface area contributed by atoms with Crippen molar-refractivity contribution < 1.29 is 10.3 Å². The highest BCUT2D eigenvalue weighted by molar-refractivity contribution is 8.16. The van der Waals surface area contributed by atoms with Gasteiger partial charge in [0.25, 0.3) is 5.91 Å². The summed E-state index contributed by atoms with van der Waals surface area (Å²) in [6.07, 6.45) is 6.68. The Morgan fingerprint density at radius 2 is 1.41 bits per heavy atom. The number of carbonyl (C=O) groups excluding carboxylic acids is 1. The molecule has 1 amide bonds. The highest BCUT2D eigenvalue weighted by atomic mass is 35.5. The van der Waals surface area contributed by atoms with Crippen LogP contribution in [0.4, 0.5) is 5.69 Å². The molecule has 0 bridgehead atoms. The van der Waals surface area contributed by atoms with Crippen LogP contribution in [0.3, 0.4) is 0 Å². The molecule has 1 unspecified atom stereocenters. The number of carbonyl (C=O) groups is 1. The summed E-state index contributed by atoms with van der Waals surface area (Å²) in [5.74, 6) is 1.44. The zero-order valence-corrected chi connectivity index (χ0v) is 23.5. The van der Waals surface area contributed by atoms with Crippen molar-refractivity contribution in [3.63, 3.8) is 0 Å². The first-order valence-electron chi connectivity index (χ1n) is 13.0. The molecule has 3 aliphatic heterocycles. The number of rotatable bonds is 7. The van der Waals surface area contributed by atoms with E-state index in [0.717, 1.165) is 43.9 Å². The van der Waals surface area contributed by atoms with Gasteiger partial charge < -0.3 is 15.3 Å². The summed E-state index contributed by atoms with van der Waals surface area (Å²) in [6.45, 7) is 6.36. The van der Waals surface area contributed by atoms with E-state index in [1.807, 2.05) is 23.1 Å². The quantitative estimate of drug-likeness (QED) is 0.306. The van der Waals surface area contributed by atoms with Crippen molar-refractivity contribution in [3.8, 4) is 0 Å². The SMILES string of the molecule is Cl.O.O=C1c2ccccc2CN1C/C=C\CN1CCN(C2=CC=S(c3ccccc3)N2c2ccccc2)CC1. The van der Waals surface area contributed by atoms with E-state index in [4.69, 9.17) is 0 Å². The molecule has 3 aromatic rings. The lowest BCUT2D eigenvalue weighted by molar-refractivity contribution is 0.0796. The Balaban J connectivity index is 0.00000176. The maximum Gasteiger partial charge on any atom is 0.254 e. The van der Waals surface area contributed by atoms with Crippen molar-refractivity contribution in [2.75, 3.05) is 43.6 Å². The second kappa shape index (κ2) is 13.1. The summed E-state index contributed by atoms with van der Waals surface area (Å²) in [7, 11) is -0.128. The van der Waals surface area contributed by atoms with Crippen LogP contribution in [0.2, 0.25) is 0 Å². The minimum atomic E-state index is -0.128. The largest absolute Gasteiger partial charge is 0.412 e. The molecule has 6 nitrogen and oxygen atoms in total. The summed E-state index contributed by atoms with van der Waals surface area (Å²) >= 11 is 0. The van der Waals surface area contributed by atoms with E-state index < -0.39 is 0 Å². The summed E-state index contributed by atoms with van der Waals surface area (Å²) in [5.41, 5.74) is 3.22. The van der Waals surface area contributed by atoms with E-state index in [9.17, 15) is 4.79 Å². The first-order valence-corrected chi connectivity index (χ1v) is 14.2. The van der Waals surface area contributed by atoms with Gasteiger partial charge in [0.05, 0.1) is 5.69 Å². The fourth-order valence-corrected chi connectivity index (χ4v) is 7.09. The third kappa shape index (κ3) is 6.12. The number of halogens is 1. The van der Waals surface area contributed by atoms with Gasteiger partial charge in [-0.05, 0) is 47.3 Å². The monoisotopic (exact) mass is 562 g/mol. The molecule has 3 aliphatic rings. The molecule has 1 fully saturated rings. The van der Waals surface area contributed by atoms with Crippen LogP contribution < -0.4 is 4.31 Å². The van der Waals surface area contributed by atoms with Gasteiger partial charge in [0.2, 0.25) is 0 Å². The molecule has 1 atom stereocenters. The molecule has 0 aliphatic carbocycles. The maximum absolute atomic E-state index is 12.6. The molecule has 2 N–H and O–H groups in total. The van der Waals surface area contributed by atoms with Gasteiger partial charge in [-0.15, -0.1) is 12.4 Å². The Bertz CT molecular complexity index is 1360. The molecule has 6 rings (SSSR count). The van der Waals surface area contributed by atoms with E-state index in [1.165, 1.54) is 16.4 Å². The molecule has 1 saturated heterocycles. The number of benzene rings is 3. The molecule has 8 heteroatoms. The zero-order chi connectivity index (χ0) is 25.0. The number of hydrogen-bond acceptors (Lipinski definition) is 4. The van der Waals surface area contributed by atoms with Gasteiger partial charge in [0, 0.05) is 56.3 Å². The van der Waals surface area contributed by atoms with Crippen molar-refractivity contribution >= 4 is 40.0 Å². The van der Waals surface area contributed by atoms with E-state index >= 15 is 0 Å². The maximum atomic E-state index is 12.6. The topological polar surface area (TPSA) is 61.5 Å². The lowest BCUT2D eigenvalue weighted by atomic mass is 10.1. The smallest absolute Gasteiger partial charge is 0.254 e. The molecule has 0 spiro atoms. The third-order valence-electron chi connectivity index (χ3n) is 7.17. The van der Waals surface area contributed by atoms with Crippen LogP contribution in [0.25, 0.3) is 0 Å². The Kier molecular flexibility index (Phi) is 9.64. The molecule has 204 valence electrons. The number of anilines is 1. The van der Waals surface area contributed by atoms with Crippen LogP contribution in [-0.4, -0.2) is 70.7 Å². The third-order valence-corrected chi connectivity index (χ3v) is 9.12. The van der Waals surface area contributed by atoms with E-state index in [-0.39, 0.29) is 34.5 Å². The molecule has 3 heterocycles. The van der Waals surface area contributed by atoms with Crippen LogP contribution >= 0.6 is 23.1 Å². The second-order valence-corrected chi connectivity index (χ2v) is 11.3. The average molecular weight is 563 g/mol. The predicted octanol–water partition coefficient (Wildman–Crippen LogP) is 4.82. The van der Waals surface area contributed by atoms with Crippen LogP contribution in [-0.2, 0) is 6.54 Å². The first-order chi connectivity index (χ1) is 18.3. The van der Waals surface area contributed by atoms with Crippen molar-refractivity contribution in [1.29, 1.82) is 0 Å². The minimum Gasteiger partial charge on any atom is -0.412 e. The van der Waals surface area contributed by atoms with Gasteiger partial charge >= 0.3 is 0 Å². The van der Waals surface area contributed by atoms with Crippen LogP contribution in [0, 0.1) is 0 Å². The first kappa shape index (κ1) is 28.6. The predicted molar refractivity (Wildman–Crippen MR) is 165 cm³/mol. The fraction of sp³-hybridized carbons (Fsp3) is 0.226. The Hall–Kier alpha value is -3.36. The lowest BCUT2D eigenvalue weighted by Gasteiger charge is -2.40. The van der Waals surface area contributed by atoms with Crippen molar-refractivity contribution in [3.05, 3.63) is 120 Å². The van der Waals surface area contributed by atoms with Gasteiger partial charge in [-0.1, -0.05) is 77.4 Å². The number of piperazine rings is 1. The normalized spacial score (nSPS) is 18.9. The van der Waals surface area contributed by atoms with Crippen molar-refractivity contribution in [2.45, 2.75) is 11.4 Å². The van der Waals surface area contributed by atoms with Crippen LogP contribution in [0.15, 0.2) is 114 Å². The number of nitrogens with zero attached hydrogens (tertiary/aromatic N) is 4. The summed E-state index contributed by atoms with van der Waals surface area (Å²) in [5, 5.41) is 2.35. The summed E-state index contributed by atoms with van der Waals surface area (Å²) in [6, 6.07) is 29.5. The lowest BCUT2D eigenvalue weighted by Crippen LogP contribution is -2.47. The molecule has 0 aromatic heterocycles. The van der Waals surface area contributed by atoms with Gasteiger partial charge in [0.1, 0.15) is 5.82 Å². The average Bonchev–Trinajstić information content (AvgIpc) is 3.54. The number of fused-ring (bicyclic) bond motifs is 1. The molecule has 0 saturated carbocycles. The number of allylic oxidation sites excluding steroid dienone is 1. The molecule has 0 radical (unpaired) electrons. The number of para-hydroxylation sites is 1. The van der Waals surface area contributed by atoms with Crippen molar-refractivity contribution in [1.82, 2.24) is 14.7 Å². The van der Waals surface area contributed by atoms with Gasteiger partial charge in [-0.2, -0.15) is 0 Å². The van der Waals surface area contributed by atoms with E-state index in [1.54, 1.807) is 0 Å². The Morgan fingerprint density at radius 1 is 0.769 bits per heavy atom. The molecular formula is C31H35ClN4O2S. The van der Waals surface area contributed by atoms with E-state index in [2.05, 4.69) is 104 Å². The Labute approximate surface area is 239 Å². The van der Waals surface area contributed by atoms with Crippen LogP contribution in [0.5, 0.6) is 0 Å². The van der Waals surface area contributed by atoms with Gasteiger partial charge in [-0.3, -0.25) is 14.0 Å². The van der Waals surface area contributed by atoms with Gasteiger partial charge in [-0.25, -0.2) is 0 Å². The van der Waals surface area contributed by atoms with Crippen molar-refractivity contribution in [2.24, 2.45) is 0 Å². The fourth-order valence-electron chi connectivity index (χ4n) is 5.19. The molecular weight excluding hydrogens is 528 g/mol. The number of amides is 1. The standard InChI is InChI=1S/C31H32N4OS.ClH.H2O/c36-31-29-16-8-7-11-26(29)25-34(31)19-10-9-18-32-20-22-33(23-21-32)30-17-24-37(28-14-5-2-6-15-28)35(30)27-12-3-1-4-13-27;;/h1-17,24H,18-23,25H2;1H;1H2/b10-9-;;. The second-order valence-electron chi connectivity index (χ2n) is 9.52. The van der Waals surface area contributed by atoms with E-state index in [0.29, 0.717) is 13.1 Å². The summed E-state index contributed by atoms with van der Waals surface area (Å²) in [4.78, 5) is 20.8. The Morgan fingerprint density at radius 3 is 2.13 bits per heavy atom. The molecule has 3 aromatic carbocycles. The highest BCUT2D eigenvalue weighted by Gasteiger charge is 2.28. The molecule has 39 heavy (non-hydrogen) atoms. The zero-order valence-electron chi connectivity index (χ0n) is 21.9. The van der Waals surface area contributed by atoms with Crippen LogP contribution in [0.1, 0.15) is 15.9 Å². The summed E-state index contributed by atoms with van der Waals surface area (Å²) < 4.78 is 2.50. The van der Waals surface area contributed by atoms with Gasteiger partial charge in [0.15, 0.2) is 0 Å². The highest BCUT2D eigenvalue weighted by Crippen LogP contribution is 2.42. The number of hydrogen-bond donors (Lipinski definition) is 0.